The van der Waals surface area contributed by atoms with Gasteiger partial charge in [0.2, 0.25) is 5.89 Å². The van der Waals surface area contributed by atoms with Gasteiger partial charge in [-0.3, -0.25) is 24.6 Å². The number of aromatic amines is 1. The van der Waals surface area contributed by atoms with E-state index in [1.165, 1.54) is 18.7 Å². The van der Waals surface area contributed by atoms with Crippen molar-refractivity contribution in [2.45, 2.75) is 25.0 Å². The zero-order chi connectivity index (χ0) is 21.1. The number of nitrogens with zero attached hydrogens (tertiary/aromatic N) is 6. The molecule has 3 N–H and O–H groups in total. The van der Waals surface area contributed by atoms with Gasteiger partial charge in [-0.25, -0.2) is 4.98 Å². The summed E-state index contributed by atoms with van der Waals surface area (Å²) in [6.45, 7) is 3.93. The van der Waals surface area contributed by atoms with Crippen LogP contribution in [0.3, 0.4) is 0 Å². The maximum Gasteiger partial charge on any atom is 0.277 e. The Balaban J connectivity index is 1.57. The molecule has 0 radical (unpaired) electrons. The SMILES string of the molecule is C=C(/N=C\C=N/C)c1nn([C@H]2C[C@@H](O)C2)cc1NC(=O)c1coc(-c2cn[nH]c2)n1. The third-order valence-electron chi connectivity index (χ3n) is 4.64. The summed E-state index contributed by atoms with van der Waals surface area (Å²) in [4.78, 5) is 25.0. The van der Waals surface area contributed by atoms with Crippen molar-refractivity contribution in [3.8, 4) is 11.5 Å². The van der Waals surface area contributed by atoms with E-state index in [0.29, 0.717) is 35.5 Å². The molecule has 0 aliphatic heterocycles. The highest BCUT2D eigenvalue weighted by Gasteiger charge is 2.30. The lowest BCUT2D eigenvalue weighted by molar-refractivity contribution is 0.0434. The van der Waals surface area contributed by atoms with Crippen molar-refractivity contribution in [3.63, 3.8) is 0 Å². The number of anilines is 1. The number of aromatic nitrogens is 5. The van der Waals surface area contributed by atoms with Crippen molar-refractivity contribution in [1.29, 1.82) is 0 Å². The number of aliphatic hydroxyl groups excluding tert-OH is 1. The standard InChI is InChI=1S/C19H20N8O3/c1-11(21-4-3-20-2)17-15(9-27(26-17)13-5-14(28)6-13)24-18(29)16-10-30-19(25-16)12-7-22-23-8-12/h3-4,7-10,13-14,28H,1,5-6H2,2H3,(H,22,23)(H,24,29)/b20-3-,21-4-/t13-,14+. The second-order valence-corrected chi connectivity index (χ2v) is 6.76. The summed E-state index contributed by atoms with van der Waals surface area (Å²) in [5.41, 5.74) is 1.96. The van der Waals surface area contributed by atoms with Crippen LogP contribution in [0.25, 0.3) is 17.2 Å². The van der Waals surface area contributed by atoms with E-state index < -0.39 is 5.91 Å². The van der Waals surface area contributed by atoms with Gasteiger partial charge in [-0.2, -0.15) is 10.2 Å². The average molecular weight is 408 g/mol. The Hall–Kier alpha value is -3.86. The quantitative estimate of drug-likeness (QED) is 0.509. The topological polar surface area (TPSA) is 147 Å². The number of aliphatic hydroxyl groups is 1. The van der Waals surface area contributed by atoms with Gasteiger partial charge in [0, 0.05) is 31.9 Å². The normalized spacial score (nSPS) is 18.7. The third kappa shape index (κ3) is 3.96. The van der Waals surface area contributed by atoms with Gasteiger partial charge in [0.1, 0.15) is 12.0 Å². The van der Waals surface area contributed by atoms with Gasteiger partial charge < -0.3 is 14.8 Å². The zero-order valence-corrected chi connectivity index (χ0v) is 16.2. The average Bonchev–Trinajstić information content (AvgIpc) is 3.45. The molecule has 3 aromatic rings. The van der Waals surface area contributed by atoms with Crippen LogP contribution < -0.4 is 5.32 Å². The molecule has 0 unspecified atom stereocenters. The van der Waals surface area contributed by atoms with E-state index in [2.05, 4.69) is 42.2 Å². The molecule has 0 spiro atoms. The molecule has 0 atom stereocenters. The summed E-state index contributed by atoms with van der Waals surface area (Å²) < 4.78 is 7.07. The minimum Gasteiger partial charge on any atom is -0.444 e. The predicted molar refractivity (Wildman–Crippen MR) is 110 cm³/mol. The molecule has 3 aromatic heterocycles. The van der Waals surface area contributed by atoms with Crippen molar-refractivity contribution in [1.82, 2.24) is 25.0 Å². The first-order valence-corrected chi connectivity index (χ1v) is 9.22. The van der Waals surface area contributed by atoms with Crippen LogP contribution in [0.4, 0.5) is 5.69 Å². The van der Waals surface area contributed by atoms with E-state index in [1.807, 2.05) is 0 Å². The number of hydrogen-bond acceptors (Lipinski definition) is 8. The van der Waals surface area contributed by atoms with Crippen molar-refractivity contribution in [3.05, 3.63) is 42.8 Å². The summed E-state index contributed by atoms with van der Waals surface area (Å²) in [6.07, 6.45) is 10.0. The number of oxazole rings is 1. The smallest absolute Gasteiger partial charge is 0.277 e. The Bertz CT molecular complexity index is 1100. The predicted octanol–water partition coefficient (Wildman–Crippen LogP) is 1.95. The van der Waals surface area contributed by atoms with Crippen molar-refractivity contribution in [2.75, 3.05) is 12.4 Å². The molecule has 154 valence electrons. The lowest BCUT2D eigenvalue weighted by Crippen LogP contribution is -2.31. The van der Waals surface area contributed by atoms with Crippen LogP contribution >= 0.6 is 0 Å². The van der Waals surface area contributed by atoms with Gasteiger partial charge >= 0.3 is 0 Å². The first-order chi connectivity index (χ1) is 14.5. The van der Waals surface area contributed by atoms with Gasteiger partial charge in [-0.1, -0.05) is 6.58 Å². The number of H-pyrrole nitrogens is 1. The summed E-state index contributed by atoms with van der Waals surface area (Å²) in [5, 5.41) is 23.4. The van der Waals surface area contributed by atoms with Gasteiger partial charge in [0.15, 0.2) is 5.69 Å². The molecule has 1 aliphatic rings. The molecule has 1 aliphatic carbocycles. The van der Waals surface area contributed by atoms with E-state index in [1.54, 1.807) is 30.3 Å². The van der Waals surface area contributed by atoms with Gasteiger partial charge in [0.25, 0.3) is 5.91 Å². The number of hydrogen-bond donors (Lipinski definition) is 3. The molecular formula is C19H20N8O3. The van der Waals surface area contributed by atoms with Crippen LogP contribution in [-0.4, -0.2) is 61.6 Å². The maximum atomic E-state index is 12.7. The number of nitrogens with one attached hydrogen (secondary N) is 2. The number of rotatable bonds is 7. The highest BCUT2D eigenvalue weighted by Crippen LogP contribution is 2.34. The third-order valence-corrected chi connectivity index (χ3v) is 4.64. The molecule has 30 heavy (non-hydrogen) atoms. The second-order valence-electron chi connectivity index (χ2n) is 6.76. The molecule has 1 fully saturated rings. The van der Waals surface area contributed by atoms with E-state index in [-0.39, 0.29) is 23.7 Å². The monoisotopic (exact) mass is 408 g/mol. The van der Waals surface area contributed by atoms with Gasteiger partial charge in [-0.15, -0.1) is 0 Å². The summed E-state index contributed by atoms with van der Waals surface area (Å²) in [7, 11) is 1.63. The Morgan fingerprint density at radius 2 is 2.30 bits per heavy atom. The van der Waals surface area contributed by atoms with Crippen molar-refractivity contribution < 1.29 is 14.3 Å². The van der Waals surface area contributed by atoms with Crippen molar-refractivity contribution in [2.24, 2.45) is 9.98 Å². The van der Waals surface area contributed by atoms with Crippen LogP contribution in [0.15, 0.2) is 45.8 Å². The van der Waals surface area contributed by atoms with Crippen LogP contribution in [0.2, 0.25) is 0 Å². The molecule has 1 amide bonds. The molecule has 11 nitrogen and oxygen atoms in total. The van der Waals surface area contributed by atoms with Crippen LogP contribution in [0, 0.1) is 0 Å². The second kappa shape index (κ2) is 8.25. The summed E-state index contributed by atoms with van der Waals surface area (Å²) in [6, 6.07) is 0.0538. The fraction of sp³-hybridized carbons (Fsp3) is 0.263. The zero-order valence-electron chi connectivity index (χ0n) is 16.2. The Labute approximate surface area is 171 Å². The fourth-order valence-electron chi connectivity index (χ4n) is 2.97. The number of amides is 1. The number of carbonyl (C=O) groups excluding carboxylic acids is 1. The molecule has 0 bridgehead atoms. The lowest BCUT2D eigenvalue weighted by Gasteiger charge is -2.31. The van der Waals surface area contributed by atoms with E-state index >= 15 is 0 Å². The molecular weight excluding hydrogens is 388 g/mol. The first-order valence-electron chi connectivity index (χ1n) is 9.22. The van der Waals surface area contributed by atoms with Crippen LogP contribution in [-0.2, 0) is 0 Å². The highest BCUT2D eigenvalue weighted by molar-refractivity contribution is 6.17. The van der Waals surface area contributed by atoms with Gasteiger partial charge in [-0.05, 0) is 12.8 Å². The minimum absolute atomic E-state index is 0.0538. The fourth-order valence-corrected chi connectivity index (χ4v) is 2.97. The maximum absolute atomic E-state index is 12.7. The van der Waals surface area contributed by atoms with Crippen LogP contribution in [0.1, 0.15) is 35.1 Å². The largest absolute Gasteiger partial charge is 0.444 e. The molecule has 0 saturated heterocycles. The Morgan fingerprint density at radius 1 is 1.47 bits per heavy atom. The summed E-state index contributed by atoms with van der Waals surface area (Å²) >= 11 is 0. The minimum atomic E-state index is -0.463. The number of aliphatic imine (C=N–C) groups is 2. The Morgan fingerprint density at radius 3 is 3.00 bits per heavy atom. The van der Waals surface area contributed by atoms with Crippen LogP contribution in [0.5, 0.6) is 0 Å². The number of carbonyl (C=O) groups is 1. The van der Waals surface area contributed by atoms with E-state index in [0.717, 1.165) is 0 Å². The summed E-state index contributed by atoms with van der Waals surface area (Å²) in [5.74, 6) is -0.184. The van der Waals surface area contributed by atoms with E-state index in [4.69, 9.17) is 4.42 Å². The molecule has 3 heterocycles. The Kier molecular flexibility index (Phi) is 5.35. The van der Waals surface area contributed by atoms with Gasteiger partial charge in [0.05, 0.1) is 35.3 Å². The van der Waals surface area contributed by atoms with E-state index in [9.17, 15) is 9.90 Å². The van der Waals surface area contributed by atoms with Crippen molar-refractivity contribution >= 4 is 29.7 Å². The first kappa shape index (κ1) is 19.5. The molecule has 1 saturated carbocycles. The highest BCUT2D eigenvalue weighted by atomic mass is 16.3. The molecule has 11 heteroatoms. The molecule has 0 aromatic carbocycles. The lowest BCUT2D eigenvalue weighted by atomic mass is 9.90. The molecule has 4 rings (SSSR count).